The van der Waals surface area contributed by atoms with Crippen LogP contribution in [0.25, 0.3) is 0 Å². The molecule has 0 aromatic heterocycles. The van der Waals surface area contributed by atoms with Crippen molar-refractivity contribution in [3.8, 4) is 0 Å². The molecule has 0 N–H and O–H groups in total. The zero-order chi connectivity index (χ0) is 12.7. The molecular weight excluding hydrogens is 280 g/mol. The second-order valence-electron chi connectivity index (χ2n) is 4.72. The van der Waals surface area contributed by atoms with Crippen LogP contribution >= 0.6 is 15.9 Å². The SMILES string of the molecule is CCC(CC)C(=O)N1CCCN(CCBr)CC1. The highest BCUT2D eigenvalue weighted by molar-refractivity contribution is 9.09. The van der Waals surface area contributed by atoms with Gasteiger partial charge in [0.25, 0.3) is 0 Å². The highest BCUT2D eigenvalue weighted by atomic mass is 79.9. The van der Waals surface area contributed by atoms with E-state index >= 15 is 0 Å². The van der Waals surface area contributed by atoms with Crippen molar-refractivity contribution in [2.45, 2.75) is 33.1 Å². The summed E-state index contributed by atoms with van der Waals surface area (Å²) < 4.78 is 0. The van der Waals surface area contributed by atoms with Crippen LogP contribution in [0.4, 0.5) is 0 Å². The van der Waals surface area contributed by atoms with Crippen LogP contribution in [0.3, 0.4) is 0 Å². The third kappa shape index (κ3) is 4.59. The van der Waals surface area contributed by atoms with E-state index in [2.05, 4.69) is 39.6 Å². The highest BCUT2D eigenvalue weighted by Crippen LogP contribution is 2.14. The molecule has 4 heteroatoms. The first kappa shape index (κ1) is 15.0. The van der Waals surface area contributed by atoms with Crippen molar-refractivity contribution in [3.63, 3.8) is 0 Å². The Morgan fingerprint density at radius 2 is 1.88 bits per heavy atom. The molecule has 1 amide bonds. The molecule has 1 fully saturated rings. The fourth-order valence-electron chi connectivity index (χ4n) is 2.43. The quantitative estimate of drug-likeness (QED) is 0.728. The maximum atomic E-state index is 12.3. The topological polar surface area (TPSA) is 23.6 Å². The molecule has 1 heterocycles. The minimum atomic E-state index is 0.234. The van der Waals surface area contributed by atoms with Crippen molar-refractivity contribution in [1.82, 2.24) is 9.80 Å². The second-order valence-corrected chi connectivity index (χ2v) is 5.52. The summed E-state index contributed by atoms with van der Waals surface area (Å²) in [7, 11) is 0. The molecule has 1 rings (SSSR count). The summed E-state index contributed by atoms with van der Waals surface area (Å²) in [5.41, 5.74) is 0. The van der Waals surface area contributed by atoms with Crippen molar-refractivity contribution in [1.29, 1.82) is 0 Å². The van der Waals surface area contributed by atoms with Gasteiger partial charge in [-0.1, -0.05) is 29.8 Å². The van der Waals surface area contributed by atoms with E-state index in [1.54, 1.807) is 0 Å². The largest absolute Gasteiger partial charge is 0.341 e. The molecule has 0 atom stereocenters. The molecule has 0 aromatic rings. The molecule has 0 aliphatic carbocycles. The lowest BCUT2D eigenvalue weighted by atomic mass is 10.0. The van der Waals surface area contributed by atoms with Gasteiger partial charge in [-0.05, 0) is 25.8 Å². The Balaban J connectivity index is 2.47. The molecule has 0 unspecified atom stereocenters. The maximum Gasteiger partial charge on any atom is 0.225 e. The number of alkyl halides is 1. The molecule has 0 radical (unpaired) electrons. The minimum Gasteiger partial charge on any atom is -0.341 e. The zero-order valence-electron chi connectivity index (χ0n) is 11.1. The number of carbonyl (C=O) groups excluding carboxylic acids is 1. The van der Waals surface area contributed by atoms with E-state index in [0.717, 1.165) is 57.3 Å². The summed E-state index contributed by atoms with van der Waals surface area (Å²) in [6, 6.07) is 0. The van der Waals surface area contributed by atoms with Crippen LogP contribution < -0.4 is 0 Å². The summed E-state index contributed by atoms with van der Waals surface area (Å²) in [5.74, 6) is 0.605. The summed E-state index contributed by atoms with van der Waals surface area (Å²) in [5, 5.41) is 1.02. The Kier molecular flexibility index (Phi) is 7.12. The van der Waals surface area contributed by atoms with E-state index in [-0.39, 0.29) is 5.92 Å². The third-order valence-corrected chi connectivity index (χ3v) is 3.99. The normalized spacial score (nSPS) is 18.5. The first-order valence-corrected chi connectivity index (χ1v) is 7.92. The van der Waals surface area contributed by atoms with Crippen molar-refractivity contribution in [2.24, 2.45) is 5.92 Å². The summed E-state index contributed by atoms with van der Waals surface area (Å²) in [6.45, 7) is 9.31. The molecule has 0 saturated carbocycles. The number of hydrogen-bond acceptors (Lipinski definition) is 2. The van der Waals surface area contributed by atoms with Crippen LogP contribution in [0.1, 0.15) is 33.1 Å². The maximum absolute atomic E-state index is 12.3. The van der Waals surface area contributed by atoms with Crippen LogP contribution in [-0.2, 0) is 4.79 Å². The predicted molar refractivity (Wildman–Crippen MR) is 75.5 cm³/mol. The Labute approximate surface area is 114 Å². The lowest BCUT2D eigenvalue weighted by molar-refractivity contribution is -0.135. The van der Waals surface area contributed by atoms with Crippen LogP contribution in [0, 0.1) is 5.92 Å². The molecule has 3 nitrogen and oxygen atoms in total. The first-order valence-electron chi connectivity index (χ1n) is 6.80. The van der Waals surface area contributed by atoms with Gasteiger partial charge in [0.05, 0.1) is 0 Å². The smallest absolute Gasteiger partial charge is 0.225 e. The van der Waals surface area contributed by atoms with Gasteiger partial charge in [0.2, 0.25) is 5.91 Å². The van der Waals surface area contributed by atoms with Gasteiger partial charge in [-0.25, -0.2) is 0 Å². The van der Waals surface area contributed by atoms with E-state index in [1.165, 1.54) is 0 Å². The van der Waals surface area contributed by atoms with Crippen LogP contribution in [0.2, 0.25) is 0 Å². The Morgan fingerprint density at radius 1 is 1.18 bits per heavy atom. The van der Waals surface area contributed by atoms with E-state index < -0.39 is 0 Å². The lowest BCUT2D eigenvalue weighted by Gasteiger charge is -2.25. The van der Waals surface area contributed by atoms with Crippen LogP contribution in [0.15, 0.2) is 0 Å². The minimum absolute atomic E-state index is 0.234. The molecule has 0 bridgehead atoms. The molecule has 0 aromatic carbocycles. The molecule has 1 saturated heterocycles. The van der Waals surface area contributed by atoms with Gasteiger partial charge in [-0.15, -0.1) is 0 Å². The summed E-state index contributed by atoms with van der Waals surface area (Å²) in [4.78, 5) is 16.8. The average molecular weight is 305 g/mol. The first-order chi connectivity index (χ1) is 8.22. The van der Waals surface area contributed by atoms with E-state index in [9.17, 15) is 4.79 Å². The van der Waals surface area contributed by atoms with Crippen molar-refractivity contribution in [2.75, 3.05) is 38.1 Å². The predicted octanol–water partition coefficient (Wildman–Crippen LogP) is 2.35. The fourth-order valence-corrected chi connectivity index (χ4v) is 2.93. The highest BCUT2D eigenvalue weighted by Gasteiger charge is 2.23. The molecule has 100 valence electrons. The monoisotopic (exact) mass is 304 g/mol. The molecule has 17 heavy (non-hydrogen) atoms. The average Bonchev–Trinajstić information content (AvgIpc) is 2.57. The lowest BCUT2D eigenvalue weighted by Crippen LogP contribution is -2.39. The molecule has 1 aliphatic rings. The number of rotatable bonds is 5. The second kappa shape index (κ2) is 8.09. The number of amides is 1. The van der Waals surface area contributed by atoms with E-state index in [4.69, 9.17) is 0 Å². The number of halogens is 1. The van der Waals surface area contributed by atoms with Gasteiger partial charge in [-0.2, -0.15) is 0 Å². The molecule has 1 aliphatic heterocycles. The Hall–Kier alpha value is -0.0900. The Bertz CT molecular complexity index is 231. The van der Waals surface area contributed by atoms with Gasteiger partial charge < -0.3 is 9.80 Å². The van der Waals surface area contributed by atoms with Gasteiger partial charge in [0.1, 0.15) is 0 Å². The van der Waals surface area contributed by atoms with E-state index in [1.807, 2.05) is 0 Å². The number of nitrogens with zero attached hydrogens (tertiary/aromatic N) is 2. The third-order valence-electron chi connectivity index (χ3n) is 3.64. The summed E-state index contributed by atoms with van der Waals surface area (Å²) >= 11 is 3.48. The van der Waals surface area contributed by atoms with Gasteiger partial charge in [0, 0.05) is 37.4 Å². The standard InChI is InChI=1S/C13H25BrN2O/c1-3-12(4-2)13(17)16-8-5-7-15(9-6-14)10-11-16/h12H,3-11H2,1-2H3. The Morgan fingerprint density at radius 3 is 2.47 bits per heavy atom. The zero-order valence-corrected chi connectivity index (χ0v) is 12.7. The van der Waals surface area contributed by atoms with Crippen molar-refractivity contribution in [3.05, 3.63) is 0 Å². The number of hydrogen-bond donors (Lipinski definition) is 0. The molecular formula is C13H25BrN2O. The van der Waals surface area contributed by atoms with Gasteiger partial charge >= 0.3 is 0 Å². The summed E-state index contributed by atoms with van der Waals surface area (Å²) in [6.07, 6.45) is 3.05. The van der Waals surface area contributed by atoms with Gasteiger partial charge in [-0.3, -0.25) is 4.79 Å². The van der Waals surface area contributed by atoms with Crippen LogP contribution in [-0.4, -0.2) is 53.8 Å². The molecule has 0 spiro atoms. The number of carbonyl (C=O) groups is 1. The van der Waals surface area contributed by atoms with E-state index in [0.29, 0.717) is 5.91 Å². The van der Waals surface area contributed by atoms with Crippen molar-refractivity contribution < 1.29 is 4.79 Å². The fraction of sp³-hybridized carbons (Fsp3) is 0.923. The van der Waals surface area contributed by atoms with Crippen LogP contribution in [0.5, 0.6) is 0 Å². The van der Waals surface area contributed by atoms with Gasteiger partial charge in [0.15, 0.2) is 0 Å². The van der Waals surface area contributed by atoms with Crippen molar-refractivity contribution >= 4 is 21.8 Å².